The molecule has 1 aliphatic heterocycles. The molecular weight excluding hydrogens is 336 g/mol. The Hall–Kier alpha value is -2.73. The molecule has 0 saturated heterocycles. The molecule has 0 fully saturated rings. The van der Waals surface area contributed by atoms with Crippen LogP contribution in [0.25, 0.3) is 5.70 Å². The van der Waals surface area contributed by atoms with E-state index in [2.05, 4.69) is 16.7 Å². The molecule has 1 atom stereocenters. The van der Waals surface area contributed by atoms with Gasteiger partial charge in [-0.05, 0) is 29.9 Å². The molecule has 5 nitrogen and oxygen atoms in total. The van der Waals surface area contributed by atoms with E-state index in [1.807, 2.05) is 42.5 Å². The van der Waals surface area contributed by atoms with Gasteiger partial charge in [0.05, 0.1) is 27.4 Å². The molecule has 0 bridgehead atoms. The summed E-state index contributed by atoms with van der Waals surface area (Å²) in [7, 11) is 4.84. The van der Waals surface area contributed by atoms with Crippen molar-refractivity contribution in [3.05, 3.63) is 59.7 Å². The number of rotatable bonds is 5. The Balaban J connectivity index is 2.06. The maximum Gasteiger partial charge on any atom is 0.171 e. The first kappa shape index (κ1) is 17.1. The van der Waals surface area contributed by atoms with Crippen LogP contribution >= 0.6 is 12.2 Å². The molecule has 0 spiro atoms. The minimum atomic E-state index is -0.154. The first-order valence-electron chi connectivity index (χ1n) is 7.81. The van der Waals surface area contributed by atoms with Gasteiger partial charge >= 0.3 is 0 Å². The average molecular weight is 356 g/mol. The lowest BCUT2D eigenvalue weighted by Gasteiger charge is -2.27. The predicted molar refractivity (Wildman–Crippen MR) is 102 cm³/mol. The molecular formula is C19H20N2O3S. The third-order valence-corrected chi connectivity index (χ3v) is 4.24. The highest BCUT2D eigenvalue weighted by atomic mass is 32.1. The van der Waals surface area contributed by atoms with Crippen LogP contribution in [0.1, 0.15) is 17.2 Å². The van der Waals surface area contributed by atoms with Crippen molar-refractivity contribution in [1.29, 1.82) is 0 Å². The van der Waals surface area contributed by atoms with Crippen molar-refractivity contribution in [1.82, 2.24) is 10.6 Å². The molecule has 25 heavy (non-hydrogen) atoms. The number of thiocarbonyl (C=S) groups is 1. The topological polar surface area (TPSA) is 51.8 Å². The Morgan fingerprint density at radius 2 is 1.52 bits per heavy atom. The Morgan fingerprint density at radius 3 is 2.16 bits per heavy atom. The quantitative estimate of drug-likeness (QED) is 0.802. The van der Waals surface area contributed by atoms with E-state index in [4.69, 9.17) is 26.4 Å². The monoisotopic (exact) mass is 356 g/mol. The highest BCUT2D eigenvalue weighted by Gasteiger charge is 2.23. The smallest absolute Gasteiger partial charge is 0.171 e. The lowest BCUT2D eigenvalue weighted by molar-refractivity contribution is 0.347. The van der Waals surface area contributed by atoms with Crippen molar-refractivity contribution < 1.29 is 14.2 Å². The molecule has 1 heterocycles. The van der Waals surface area contributed by atoms with Crippen LogP contribution in [-0.2, 0) is 0 Å². The zero-order chi connectivity index (χ0) is 17.8. The van der Waals surface area contributed by atoms with Gasteiger partial charge in [-0.3, -0.25) is 0 Å². The van der Waals surface area contributed by atoms with E-state index < -0.39 is 0 Å². The van der Waals surface area contributed by atoms with Gasteiger partial charge in [0.1, 0.15) is 5.75 Å². The number of methoxy groups -OCH3 is 3. The summed E-state index contributed by atoms with van der Waals surface area (Å²) in [6.07, 6.45) is 2.08. The summed E-state index contributed by atoms with van der Waals surface area (Å²) < 4.78 is 16.3. The van der Waals surface area contributed by atoms with Crippen LogP contribution < -0.4 is 24.8 Å². The molecule has 1 aliphatic rings. The minimum Gasteiger partial charge on any atom is -0.496 e. The molecule has 6 heteroatoms. The third kappa shape index (κ3) is 3.53. The first-order valence-corrected chi connectivity index (χ1v) is 8.21. The summed E-state index contributed by atoms with van der Waals surface area (Å²) in [5.41, 5.74) is 2.93. The first-order chi connectivity index (χ1) is 12.2. The van der Waals surface area contributed by atoms with Gasteiger partial charge in [-0.2, -0.15) is 0 Å². The standard InChI is InChI=1S/C19H20N2O3S/c1-22-16-11-18(24-3)17(23-2)9-13(16)15-10-14(20-19(25)21-15)12-7-5-4-6-8-12/h4-11,15H,1-3H3,(H2,20,21,25)/t15-/m1/s1. The number of hydrogen-bond acceptors (Lipinski definition) is 4. The highest BCUT2D eigenvalue weighted by Crippen LogP contribution is 2.39. The normalized spacial score (nSPS) is 16.4. The number of hydrogen-bond donors (Lipinski definition) is 2. The van der Waals surface area contributed by atoms with E-state index in [0.717, 1.165) is 16.8 Å². The van der Waals surface area contributed by atoms with Crippen LogP contribution in [0.15, 0.2) is 48.5 Å². The fraction of sp³-hybridized carbons (Fsp3) is 0.211. The molecule has 2 aromatic carbocycles. The summed E-state index contributed by atoms with van der Waals surface area (Å²) in [4.78, 5) is 0. The van der Waals surface area contributed by atoms with Gasteiger partial charge in [0.25, 0.3) is 0 Å². The highest BCUT2D eigenvalue weighted by molar-refractivity contribution is 7.80. The SMILES string of the molecule is COc1cc(OC)c([C@H]2C=C(c3ccccc3)NC(=S)N2)cc1OC. The van der Waals surface area contributed by atoms with Gasteiger partial charge in [0.2, 0.25) is 0 Å². The van der Waals surface area contributed by atoms with E-state index >= 15 is 0 Å². The molecule has 0 unspecified atom stereocenters. The largest absolute Gasteiger partial charge is 0.496 e. The zero-order valence-electron chi connectivity index (χ0n) is 14.3. The number of benzene rings is 2. The van der Waals surface area contributed by atoms with Crippen LogP contribution in [0.5, 0.6) is 17.2 Å². The summed E-state index contributed by atoms with van der Waals surface area (Å²) in [5.74, 6) is 1.95. The van der Waals surface area contributed by atoms with E-state index in [-0.39, 0.29) is 6.04 Å². The third-order valence-electron chi connectivity index (χ3n) is 4.02. The Kier molecular flexibility index (Phi) is 5.09. The van der Waals surface area contributed by atoms with E-state index in [1.165, 1.54) is 0 Å². The van der Waals surface area contributed by atoms with Gasteiger partial charge < -0.3 is 24.8 Å². The molecule has 0 aliphatic carbocycles. The minimum absolute atomic E-state index is 0.154. The number of nitrogens with one attached hydrogen (secondary N) is 2. The second-order valence-corrected chi connectivity index (χ2v) is 5.88. The molecule has 130 valence electrons. The van der Waals surface area contributed by atoms with E-state index in [9.17, 15) is 0 Å². The van der Waals surface area contributed by atoms with Gasteiger partial charge in [-0.15, -0.1) is 0 Å². The lowest BCUT2D eigenvalue weighted by atomic mass is 10.00. The molecule has 0 radical (unpaired) electrons. The fourth-order valence-electron chi connectivity index (χ4n) is 2.80. The second kappa shape index (κ2) is 7.44. The fourth-order valence-corrected chi connectivity index (χ4v) is 3.04. The van der Waals surface area contributed by atoms with Crippen molar-refractivity contribution in [3.8, 4) is 17.2 Å². The van der Waals surface area contributed by atoms with Gasteiger partial charge in [0, 0.05) is 17.3 Å². The Morgan fingerprint density at radius 1 is 0.880 bits per heavy atom. The summed E-state index contributed by atoms with van der Waals surface area (Å²) in [5, 5.41) is 7.03. The molecule has 0 aromatic heterocycles. The van der Waals surface area contributed by atoms with Gasteiger partial charge in [0.15, 0.2) is 16.6 Å². The average Bonchev–Trinajstić information content (AvgIpc) is 2.67. The summed E-state index contributed by atoms with van der Waals surface area (Å²) in [6, 6.07) is 13.6. The summed E-state index contributed by atoms with van der Waals surface area (Å²) >= 11 is 5.39. The van der Waals surface area contributed by atoms with Crippen molar-refractivity contribution in [2.75, 3.05) is 21.3 Å². The summed E-state index contributed by atoms with van der Waals surface area (Å²) in [6.45, 7) is 0. The van der Waals surface area contributed by atoms with Crippen molar-refractivity contribution in [2.24, 2.45) is 0 Å². The Bertz CT molecular complexity index is 806. The maximum absolute atomic E-state index is 5.55. The van der Waals surface area contributed by atoms with Crippen LogP contribution in [0.3, 0.4) is 0 Å². The van der Waals surface area contributed by atoms with Crippen LogP contribution in [0.4, 0.5) is 0 Å². The van der Waals surface area contributed by atoms with Crippen LogP contribution in [0.2, 0.25) is 0 Å². The van der Waals surface area contributed by atoms with Crippen molar-refractivity contribution in [2.45, 2.75) is 6.04 Å². The molecule has 3 rings (SSSR count). The second-order valence-electron chi connectivity index (χ2n) is 5.47. The molecule has 2 N–H and O–H groups in total. The van der Waals surface area contributed by atoms with Crippen LogP contribution in [0, 0.1) is 0 Å². The molecule has 0 amide bonds. The molecule has 2 aromatic rings. The predicted octanol–water partition coefficient (Wildman–Crippen LogP) is 3.27. The van der Waals surface area contributed by atoms with Crippen LogP contribution in [-0.4, -0.2) is 26.4 Å². The number of ether oxygens (including phenoxy) is 3. The van der Waals surface area contributed by atoms with Gasteiger partial charge in [-0.1, -0.05) is 30.3 Å². The lowest BCUT2D eigenvalue weighted by Crippen LogP contribution is -2.40. The van der Waals surface area contributed by atoms with E-state index in [1.54, 1.807) is 21.3 Å². The van der Waals surface area contributed by atoms with Crippen molar-refractivity contribution >= 4 is 23.0 Å². The Labute approximate surface area is 152 Å². The zero-order valence-corrected chi connectivity index (χ0v) is 15.1. The van der Waals surface area contributed by atoms with E-state index in [0.29, 0.717) is 22.4 Å². The van der Waals surface area contributed by atoms with Crippen molar-refractivity contribution in [3.63, 3.8) is 0 Å². The molecule has 0 saturated carbocycles. The van der Waals surface area contributed by atoms with Gasteiger partial charge in [-0.25, -0.2) is 0 Å². The maximum atomic E-state index is 5.55.